The van der Waals surface area contributed by atoms with Crippen LogP contribution >= 0.6 is 8.53 Å². The highest BCUT2D eigenvalue weighted by molar-refractivity contribution is 7.44. The van der Waals surface area contributed by atoms with E-state index in [-0.39, 0.29) is 0 Å². The van der Waals surface area contributed by atoms with E-state index in [1.54, 1.807) is 0 Å². The summed E-state index contributed by atoms with van der Waals surface area (Å²) >= 11 is 0. The lowest BCUT2D eigenvalue weighted by Gasteiger charge is -2.15. The van der Waals surface area contributed by atoms with Gasteiger partial charge in [0.25, 0.3) is 0 Å². The van der Waals surface area contributed by atoms with E-state index < -0.39 is 8.53 Å². The SMILES string of the molecule is OP(NC1=CCCC=C1)Oc1ccccc1. The first kappa shape index (κ1) is 11.2. The first-order valence-corrected chi connectivity index (χ1v) is 6.41. The molecule has 16 heavy (non-hydrogen) atoms. The summed E-state index contributed by atoms with van der Waals surface area (Å²) in [5.74, 6) is 0.670. The van der Waals surface area contributed by atoms with Gasteiger partial charge in [-0.05, 0) is 31.1 Å². The van der Waals surface area contributed by atoms with Crippen molar-refractivity contribution in [2.75, 3.05) is 0 Å². The molecule has 0 fully saturated rings. The molecule has 0 spiro atoms. The van der Waals surface area contributed by atoms with Gasteiger partial charge in [-0.3, -0.25) is 0 Å². The molecule has 1 unspecified atom stereocenters. The number of nitrogens with one attached hydrogen (secondary N) is 1. The largest absolute Gasteiger partial charge is 0.432 e. The van der Waals surface area contributed by atoms with Gasteiger partial charge in [0.2, 0.25) is 0 Å². The highest BCUT2D eigenvalue weighted by atomic mass is 31.2. The average molecular weight is 235 g/mol. The summed E-state index contributed by atoms with van der Waals surface area (Å²) < 4.78 is 5.35. The molecule has 0 saturated carbocycles. The molecule has 84 valence electrons. The molecule has 1 aromatic carbocycles. The third kappa shape index (κ3) is 3.37. The minimum Gasteiger partial charge on any atom is -0.432 e. The van der Waals surface area contributed by atoms with Crippen LogP contribution in [0.5, 0.6) is 5.75 Å². The fourth-order valence-corrected chi connectivity index (χ4v) is 2.16. The first-order valence-electron chi connectivity index (χ1n) is 5.20. The highest BCUT2D eigenvalue weighted by Crippen LogP contribution is 2.31. The molecule has 0 amide bonds. The number of allylic oxidation sites excluding steroid dienone is 3. The number of hydrogen-bond donors (Lipinski definition) is 2. The molecule has 0 heterocycles. The van der Waals surface area contributed by atoms with Gasteiger partial charge in [0, 0.05) is 5.70 Å². The fraction of sp³-hybridized carbons (Fsp3) is 0.167. The van der Waals surface area contributed by atoms with Crippen LogP contribution in [0.25, 0.3) is 0 Å². The molecule has 2 rings (SSSR count). The Morgan fingerprint density at radius 3 is 2.69 bits per heavy atom. The monoisotopic (exact) mass is 235 g/mol. The van der Waals surface area contributed by atoms with Crippen molar-refractivity contribution in [2.45, 2.75) is 12.8 Å². The Morgan fingerprint density at radius 2 is 2.00 bits per heavy atom. The molecule has 0 aliphatic heterocycles. The predicted molar refractivity (Wildman–Crippen MR) is 65.8 cm³/mol. The fourth-order valence-electron chi connectivity index (χ4n) is 1.41. The van der Waals surface area contributed by atoms with Gasteiger partial charge in [-0.2, -0.15) is 0 Å². The van der Waals surface area contributed by atoms with E-state index >= 15 is 0 Å². The molecular weight excluding hydrogens is 221 g/mol. The summed E-state index contributed by atoms with van der Waals surface area (Å²) in [4.78, 5) is 9.71. The maximum absolute atomic E-state index is 9.71. The summed E-state index contributed by atoms with van der Waals surface area (Å²) in [5.41, 5.74) is 0.927. The number of para-hydroxylation sites is 1. The normalized spacial score (nSPS) is 16.4. The molecule has 0 radical (unpaired) electrons. The predicted octanol–water partition coefficient (Wildman–Crippen LogP) is 3.11. The van der Waals surface area contributed by atoms with E-state index in [0.717, 1.165) is 18.5 Å². The molecule has 0 saturated heterocycles. The minimum absolute atomic E-state index is 0.670. The third-order valence-corrected chi connectivity index (χ3v) is 2.99. The topological polar surface area (TPSA) is 41.5 Å². The second-order valence-electron chi connectivity index (χ2n) is 3.43. The van der Waals surface area contributed by atoms with Crippen molar-refractivity contribution in [1.29, 1.82) is 0 Å². The van der Waals surface area contributed by atoms with Crippen LogP contribution in [0.15, 0.2) is 54.3 Å². The molecular formula is C12H14NO2P. The Hall–Kier alpha value is -1.31. The Balaban J connectivity index is 1.87. The van der Waals surface area contributed by atoms with E-state index in [1.165, 1.54) is 0 Å². The van der Waals surface area contributed by atoms with Crippen molar-refractivity contribution < 1.29 is 9.42 Å². The summed E-state index contributed by atoms with van der Waals surface area (Å²) in [6.07, 6.45) is 8.17. The van der Waals surface area contributed by atoms with Gasteiger partial charge in [-0.1, -0.05) is 30.4 Å². The van der Waals surface area contributed by atoms with Crippen molar-refractivity contribution in [2.24, 2.45) is 0 Å². The molecule has 1 atom stereocenters. The zero-order chi connectivity index (χ0) is 11.2. The summed E-state index contributed by atoms with van der Waals surface area (Å²) in [6.45, 7) is 0. The molecule has 3 nitrogen and oxygen atoms in total. The Morgan fingerprint density at radius 1 is 1.19 bits per heavy atom. The van der Waals surface area contributed by atoms with Gasteiger partial charge in [0.15, 0.2) is 0 Å². The lowest BCUT2D eigenvalue weighted by Crippen LogP contribution is -2.09. The van der Waals surface area contributed by atoms with Gasteiger partial charge < -0.3 is 14.5 Å². The van der Waals surface area contributed by atoms with Crippen LogP contribution in [-0.2, 0) is 0 Å². The third-order valence-electron chi connectivity index (χ3n) is 2.15. The summed E-state index contributed by atoms with van der Waals surface area (Å²) in [5, 5.41) is 2.94. The van der Waals surface area contributed by atoms with Gasteiger partial charge in [-0.15, -0.1) is 0 Å². The molecule has 1 aromatic rings. The molecule has 0 aromatic heterocycles. The zero-order valence-electron chi connectivity index (χ0n) is 8.84. The van der Waals surface area contributed by atoms with Gasteiger partial charge in [-0.25, -0.2) is 0 Å². The number of hydrogen-bond acceptors (Lipinski definition) is 3. The van der Waals surface area contributed by atoms with Crippen molar-refractivity contribution in [3.05, 3.63) is 54.3 Å². The lowest BCUT2D eigenvalue weighted by molar-refractivity contribution is 0.477. The second-order valence-corrected chi connectivity index (χ2v) is 4.38. The number of rotatable bonds is 4. The first-order chi connectivity index (χ1) is 7.84. The quantitative estimate of drug-likeness (QED) is 0.788. The van der Waals surface area contributed by atoms with Crippen LogP contribution in [0.2, 0.25) is 0 Å². The van der Waals surface area contributed by atoms with Gasteiger partial charge in [0.1, 0.15) is 5.75 Å². The van der Waals surface area contributed by atoms with Crippen molar-refractivity contribution in [3.8, 4) is 5.75 Å². The van der Waals surface area contributed by atoms with Crippen molar-refractivity contribution in [1.82, 2.24) is 5.09 Å². The van der Waals surface area contributed by atoms with E-state index in [4.69, 9.17) is 4.52 Å². The second kappa shape index (κ2) is 5.69. The van der Waals surface area contributed by atoms with Crippen LogP contribution in [0.1, 0.15) is 12.8 Å². The van der Waals surface area contributed by atoms with E-state index in [1.807, 2.05) is 36.4 Å². The highest BCUT2D eigenvalue weighted by Gasteiger charge is 2.08. The van der Waals surface area contributed by atoms with E-state index in [2.05, 4.69) is 17.2 Å². The van der Waals surface area contributed by atoms with Crippen LogP contribution < -0.4 is 9.61 Å². The maximum Gasteiger partial charge on any atom is 0.347 e. The maximum atomic E-state index is 9.71. The lowest BCUT2D eigenvalue weighted by atomic mass is 10.2. The Labute approximate surface area is 96.4 Å². The zero-order valence-corrected chi connectivity index (χ0v) is 9.73. The van der Waals surface area contributed by atoms with Crippen molar-refractivity contribution >= 4 is 8.53 Å². The Kier molecular flexibility index (Phi) is 3.97. The van der Waals surface area contributed by atoms with Crippen LogP contribution in [0.4, 0.5) is 0 Å². The molecule has 0 bridgehead atoms. The van der Waals surface area contributed by atoms with Crippen LogP contribution in [0, 0.1) is 0 Å². The van der Waals surface area contributed by atoms with Crippen LogP contribution in [-0.4, -0.2) is 4.89 Å². The van der Waals surface area contributed by atoms with Crippen molar-refractivity contribution in [3.63, 3.8) is 0 Å². The molecule has 1 aliphatic carbocycles. The summed E-state index contributed by atoms with van der Waals surface area (Å²) in [6, 6.07) is 9.29. The smallest absolute Gasteiger partial charge is 0.347 e. The van der Waals surface area contributed by atoms with Gasteiger partial charge in [0.05, 0.1) is 0 Å². The van der Waals surface area contributed by atoms with E-state index in [9.17, 15) is 4.89 Å². The number of benzene rings is 1. The van der Waals surface area contributed by atoms with Gasteiger partial charge >= 0.3 is 8.53 Å². The Bertz CT molecular complexity index is 389. The standard InChI is InChI=1S/C12H14NO2P/c14-16(13-11-7-3-1-4-8-11)15-12-9-5-2-6-10-12/h2-3,5-10,13-14H,1,4H2. The average Bonchev–Trinajstić information content (AvgIpc) is 2.31. The molecule has 4 heteroatoms. The summed E-state index contributed by atoms with van der Waals surface area (Å²) in [7, 11) is -1.65. The van der Waals surface area contributed by atoms with E-state index in [0.29, 0.717) is 5.75 Å². The molecule has 1 aliphatic rings. The molecule has 2 N–H and O–H groups in total. The van der Waals surface area contributed by atoms with Crippen LogP contribution in [0.3, 0.4) is 0 Å². The minimum atomic E-state index is -1.65.